The van der Waals surface area contributed by atoms with Crippen LogP contribution in [0, 0.1) is 0 Å². The average Bonchev–Trinajstić information content (AvgIpc) is 2.52. The highest BCUT2D eigenvalue weighted by atomic mass is 16.4. The maximum atomic E-state index is 9.87. The summed E-state index contributed by atoms with van der Waals surface area (Å²) < 4.78 is 0. The molecule has 8 N–H and O–H groups in total. The highest BCUT2D eigenvalue weighted by Gasteiger charge is 2.25. The second-order valence-corrected chi connectivity index (χ2v) is 4.73. The van der Waals surface area contributed by atoms with Gasteiger partial charge < -0.3 is 36.4 Å². The van der Waals surface area contributed by atoms with Crippen molar-refractivity contribution in [2.24, 2.45) is 5.73 Å². The van der Waals surface area contributed by atoms with Gasteiger partial charge in [0.05, 0.1) is 49.0 Å². The van der Waals surface area contributed by atoms with Crippen LogP contribution in [0.1, 0.15) is 17.5 Å². The van der Waals surface area contributed by atoms with E-state index in [4.69, 9.17) is 15.9 Å². The third kappa shape index (κ3) is 4.93. The van der Waals surface area contributed by atoms with E-state index in [1.54, 1.807) is 0 Å². The molecule has 1 aromatic heterocycles. The van der Waals surface area contributed by atoms with Crippen LogP contribution >= 0.6 is 0 Å². The topological polar surface area (TPSA) is 173 Å². The molecular formula is C12H21N3O6. The van der Waals surface area contributed by atoms with Crippen molar-refractivity contribution in [3.05, 3.63) is 23.8 Å². The van der Waals surface area contributed by atoms with Crippen molar-refractivity contribution >= 4 is 0 Å². The van der Waals surface area contributed by atoms with E-state index < -0.39 is 43.7 Å². The molecule has 9 heteroatoms. The van der Waals surface area contributed by atoms with Crippen LogP contribution in [0.5, 0.6) is 0 Å². The normalized spacial score (nSPS) is 18.8. The number of aliphatic hydroxyl groups is 6. The van der Waals surface area contributed by atoms with Crippen molar-refractivity contribution in [1.82, 2.24) is 9.97 Å². The average molecular weight is 303 g/mol. The number of aliphatic hydroxyl groups excluding tert-OH is 6. The molecule has 0 spiro atoms. The zero-order valence-electron chi connectivity index (χ0n) is 11.3. The fourth-order valence-electron chi connectivity index (χ4n) is 1.62. The summed E-state index contributed by atoms with van der Waals surface area (Å²) in [7, 11) is 0. The van der Waals surface area contributed by atoms with Gasteiger partial charge >= 0.3 is 0 Å². The SMILES string of the molecule is N[C@@H]([C@H](O)CO)[C@H](O)c1cnc(C[C@H](O)[C@H](O)CO)cn1. The molecule has 0 radical (unpaired) electrons. The van der Waals surface area contributed by atoms with Gasteiger partial charge in [0, 0.05) is 12.6 Å². The molecule has 1 heterocycles. The molecule has 1 rings (SSSR count). The summed E-state index contributed by atoms with van der Waals surface area (Å²) in [6.45, 7) is -1.16. The lowest BCUT2D eigenvalue weighted by Gasteiger charge is -2.22. The number of hydrogen-bond donors (Lipinski definition) is 7. The lowest BCUT2D eigenvalue weighted by molar-refractivity contribution is -0.0137. The molecule has 0 fully saturated rings. The number of nitrogens with two attached hydrogens (primary N) is 1. The third-order valence-corrected chi connectivity index (χ3v) is 3.07. The standard InChI is InChI=1S/C12H21N3O6/c13-11(10(20)5-17)12(21)7-3-14-6(2-15-7)1-8(18)9(19)4-16/h2-3,8-12,16-21H,1,4-5,13H2/t8-,9+,10+,11-,12+/m0/s1. The summed E-state index contributed by atoms with van der Waals surface area (Å²) in [5.41, 5.74) is 6.01. The van der Waals surface area contributed by atoms with Gasteiger partial charge in [-0.15, -0.1) is 0 Å². The molecule has 9 nitrogen and oxygen atoms in total. The molecule has 21 heavy (non-hydrogen) atoms. The van der Waals surface area contributed by atoms with Gasteiger partial charge in [-0.2, -0.15) is 0 Å². The summed E-state index contributed by atoms with van der Waals surface area (Å²) in [6, 6.07) is -1.11. The molecule has 1 aromatic rings. The van der Waals surface area contributed by atoms with E-state index in [9.17, 15) is 20.4 Å². The van der Waals surface area contributed by atoms with Crippen LogP contribution in [-0.2, 0) is 6.42 Å². The van der Waals surface area contributed by atoms with Crippen molar-refractivity contribution in [3.8, 4) is 0 Å². The highest BCUT2D eigenvalue weighted by Crippen LogP contribution is 2.15. The molecule has 0 saturated heterocycles. The van der Waals surface area contributed by atoms with Crippen molar-refractivity contribution < 1.29 is 30.6 Å². The van der Waals surface area contributed by atoms with Crippen LogP contribution in [-0.4, -0.2) is 78.2 Å². The Labute approximate surface area is 121 Å². The van der Waals surface area contributed by atoms with Gasteiger partial charge in [-0.25, -0.2) is 0 Å². The Morgan fingerprint density at radius 3 is 2.00 bits per heavy atom. The van der Waals surface area contributed by atoms with E-state index in [0.717, 1.165) is 0 Å². The van der Waals surface area contributed by atoms with E-state index in [1.165, 1.54) is 12.4 Å². The van der Waals surface area contributed by atoms with Gasteiger partial charge in [0.2, 0.25) is 0 Å². The lowest BCUT2D eigenvalue weighted by Crippen LogP contribution is -2.42. The number of hydrogen-bond acceptors (Lipinski definition) is 9. The van der Waals surface area contributed by atoms with Crippen molar-refractivity contribution in [3.63, 3.8) is 0 Å². The monoisotopic (exact) mass is 303 g/mol. The Morgan fingerprint density at radius 2 is 1.52 bits per heavy atom. The summed E-state index contributed by atoms with van der Waals surface area (Å²) in [5.74, 6) is 0. The van der Waals surface area contributed by atoms with Crippen LogP contribution in [0.25, 0.3) is 0 Å². The number of nitrogens with zero attached hydrogens (tertiary/aromatic N) is 2. The summed E-state index contributed by atoms with van der Waals surface area (Å²) in [5, 5.41) is 55.5. The predicted octanol–water partition coefficient (Wildman–Crippen LogP) is -3.55. The molecule has 120 valence electrons. The Bertz CT molecular complexity index is 418. The largest absolute Gasteiger partial charge is 0.394 e. The maximum absolute atomic E-state index is 9.87. The van der Waals surface area contributed by atoms with Crippen LogP contribution in [0.15, 0.2) is 12.4 Å². The zero-order valence-corrected chi connectivity index (χ0v) is 11.3. The molecule has 5 atom stereocenters. The van der Waals surface area contributed by atoms with Crippen molar-refractivity contribution in [2.75, 3.05) is 13.2 Å². The summed E-state index contributed by atoms with van der Waals surface area (Å²) >= 11 is 0. The Kier molecular flexibility index (Phi) is 7.05. The molecule has 0 aromatic carbocycles. The molecule has 0 aliphatic heterocycles. The van der Waals surface area contributed by atoms with Crippen LogP contribution < -0.4 is 5.73 Å². The molecule has 0 aliphatic carbocycles. The Hall–Kier alpha value is -1.20. The second kappa shape index (κ2) is 8.29. The van der Waals surface area contributed by atoms with E-state index in [-0.39, 0.29) is 12.1 Å². The molecule has 0 unspecified atom stereocenters. The van der Waals surface area contributed by atoms with E-state index >= 15 is 0 Å². The van der Waals surface area contributed by atoms with Gasteiger partial charge in [-0.05, 0) is 0 Å². The van der Waals surface area contributed by atoms with Gasteiger partial charge in [0.1, 0.15) is 12.2 Å². The highest BCUT2D eigenvalue weighted by molar-refractivity contribution is 5.08. The molecular weight excluding hydrogens is 282 g/mol. The van der Waals surface area contributed by atoms with E-state index in [2.05, 4.69) is 9.97 Å². The minimum absolute atomic E-state index is 0.0174. The third-order valence-electron chi connectivity index (χ3n) is 3.07. The molecule has 0 aliphatic rings. The summed E-state index contributed by atoms with van der Waals surface area (Å²) in [6.07, 6.45) is -2.56. The van der Waals surface area contributed by atoms with Gasteiger partial charge in [-0.1, -0.05) is 0 Å². The first kappa shape index (κ1) is 17.9. The first-order chi connectivity index (χ1) is 9.90. The quantitative estimate of drug-likeness (QED) is 0.256. The van der Waals surface area contributed by atoms with Crippen molar-refractivity contribution in [1.29, 1.82) is 0 Å². The Morgan fingerprint density at radius 1 is 0.905 bits per heavy atom. The minimum atomic E-state index is -1.30. The van der Waals surface area contributed by atoms with E-state index in [1.807, 2.05) is 0 Å². The van der Waals surface area contributed by atoms with Crippen LogP contribution in [0.4, 0.5) is 0 Å². The van der Waals surface area contributed by atoms with Crippen molar-refractivity contribution in [2.45, 2.75) is 36.9 Å². The predicted molar refractivity (Wildman–Crippen MR) is 70.9 cm³/mol. The fourth-order valence-corrected chi connectivity index (χ4v) is 1.62. The van der Waals surface area contributed by atoms with Crippen LogP contribution in [0.3, 0.4) is 0 Å². The van der Waals surface area contributed by atoms with Crippen LogP contribution in [0.2, 0.25) is 0 Å². The summed E-state index contributed by atoms with van der Waals surface area (Å²) in [4.78, 5) is 7.86. The number of rotatable bonds is 8. The second-order valence-electron chi connectivity index (χ2n) is 4.73. The first-order valence-corrected chi connectivity index (χ1v) is 6.41. The van der Waals surface area contributed by atoms with E-state index in [0.29, 0.717) is 5.69 Å². The molecule has 0 bridgehead atoms. The maximum Gasteiger partial charge on any atom is 0.115 e. The molecule has 0 saturated carbocycles. The number of aromatic nitrogens is 2. The fraction of sp³-hybridized carbons (Fsp3) is 0.667. The van der Waals surface area contributed by atoms with Gasteiger partial charge in [-0.3, -0.25) is 9.97 Å². The molecule has 0 amide bonds. The zero-order chi connectivity index (χ0) is 16.0. The van der Waals surface area contributed by atoms with Gasteiger partial charge in [0.15, 0.2) is 0 Å². The smallest absolute Gasteiger partial charge is 0.115 e. The lowest BCUT2D eigenvalue weighted by atomic mass is 10.0. The van der Waals surface area contributed by atoms with Gasteiger partial charge in [0.25, 0.3) is 0 Å². The first-order valence-electron chi connectivity index (χ1n) is 6.41. The minimum Gasteiger partial charge on any atom is -0.394 e. The Balaban J connectivity index is 2.69.